The normalized spacial score (nSPS) is 8.00. The second-order valence-electron chi connectivity index (χ2n) is 1.61. The maximum absolute atomic E-state index is 9.83. The Morgan fingerprint density at radius 1 is 0.917 bits per heavy atom. The summed E-state index contributed by atoms with van der Waals surface area (Å²) < 4.78 is 0. The highest BCUT2D eigenvalue weighted by atomic mass is 16.1. The minimum atomic E-state index is -0.677. The standard InChI is InChI=1S/C4H6N2O2.C4H6/c5-3(7)1-2-4(6)8;1-3-4-2/h1-2H,(H2,5,7)(H2,6,8);3-4H,1-2H2/b2-1-;. The van der Waals surface area contributed by atoms with E-state index in [0.717, 1.165) is 12.2 Å². The lowest BCUT2D eigenvalue weighted by Gasteiger charge is -1.76. The molecule has 0 aromatic heterocycles. The van der Waals surface area contributed by atoms with Crippen LogP contribution in [0.3, 0.4) is 0 Å². The van der Waals surface area contributed by atoms with Crippen molar-refractivity contribution in [3.05, 3.63) is 37.5 Å². The molecular weight excluding hydrogens is 156 g/mol. The van der Waals surface area contributed by atoms with Gasteiger partial charge in [0.25, 0.3) is 0 Å². The van der Waals surface area contributed by atoms with Crippen molar-refractivity contribution in [1.29, 1.82) is 0 Å². The summed E-state index contributed by atoms with van der Waals surface area (Å²) in [6.07, 6.45) is 5.09. The monoisotopic (exact) mass is 168 g/mol. The van der Waals surface area contributed by atoms with E-state index in [9.17, 15) is 9.59 Å². The van der Waals surface area contributed by atoms with Crippen molar-refractivity contribution in [3.63, 3.8) is 0 Å². The number of allylic oxidation sites excluding steroid dienone is 2. The Labute approximate surface area is 71.2 Å². The first kappa shape index (κ1) is 12.8. The highest BCUT2D eigenvalue weighted by molar-refractivity contribution is 5.95. The molecule has 0 radical (unpaired) electrons. The number of primary amides is 2. The van der Waals surface area contributed by atoms with Crippen LogP contribution in [0.25, 0.3) is 0 Å². The lowest BCUT2D eigenvalue weighted by atomic mass is 10.5. The van der Waals surface area contributed by atoms with Crippen LogP contribution in [-0.2, 0) is 9.59 Å². The zero-order valence-corrected chi connectivity index (χ0v) is 6.69. The lowest BCUT2D eigenvalue weighted by Crippen LogP contribution is -2.10. The number of carbonyl (C=O) groups is 2. The molecule has 66 valence electrons. The van der Waals surface area contributed by atoms with Gasteiger partial charge in [-0.3, -0.25) is 9.59 Å². The van der Waals surface area contributed by atoms with Crippen molar-refractivity contribution >= 4 is 11.8 Å². The van der Waals surface area contributed by atoms with Gasteiger partial charge in [-0.2, -0.15) is 0 Å². The van der Waals surface area contributed by atoms with Crippen LogP contribution in [0.2, 0.25) is 0 Å². The Kier molecular flexibility index (Phi) is 9.77. The molecule has 0 atom stereocenters. The number of amides is 2. The molecule has 4 heteroatoms. The van der Waals surface area contributed by atoms with E-state index in [2.05, 4.69) is 24.6 Å². The summed E-state index contributed by atoms with van der Waals surface area (Å²) >= 11 is 0. The Bertz CT molecular complexity index is 185. The van der Waals surface area contributed by atoms with Gasteiger partial charge in [-0.15, -0.1) is 0 Å². The first-order valence-electron chi connectivity index (χ1n) is 3.05. The van der Waals surface area contributed by atoms with E-state index >= 15 is 0 Å². The van der Waals surface area contributed by atoms with Gasteiger partial charge in [0.05, 0.1) is 0 Å². The van der Waals surface area contributed by atoms with Crippen molar-refractivity contribution in [2.75, 3.05) is 0 Å². The first-order chi connectivity index (χ1) is 5.54. The molecule has 0 unspecified atom stereocenters. The van der Waals surface area contributed by atoms with E-state index in [1.807, 2.05) is 0 Å². The maximum Gasteiger partial charge on any atom is 0.241 e. The van der Waals surface area contributed by atoms with E-state index in [1.165, 1.54) is 0 Å². The summed E-state index contributed by atoms with van der Waals surface area (Å²) in [4.78, 5) is 19.7. The Morgan fingerprint density at radius 2 is 1.17 bits per heavy atom. The molecule has 12 heavy (non-hydrogen) atoms. The number of carbonyl (C=O) groups excluding carboxylic acids is 2. The Morgan fingerprint density at radius 3 is 1.25 bits per heavy atom. The molecule has 0 fully saturated rings. The van der Waals surface area contributed by atoms with E-state index in [1.54, 1.807) is 12.2 Å². The van der Waals surface area contributed by atoms with E-state index in [4.69, 9.17) is 0 Å². The fourth-order valence-electron chi connectivity index (χ4n) is 0.164. The second-order valence-corrected chi connectivity index (χ2v) is 1.61. The molecule has 0 rings (SSSR count). The summed E-state index contributed by atoms with van der Waals surface area (Å²) in [5, 5.41) is 0. The van der Waals surface area contributed by atoms with Crippen LogP contribution in [0, 0.1) is 0 Å². The van der Waals surface area contributed by atoms with Crippen molar-refractivity contribution in [2.24, 2.45) is 11.5 Å². The SMILES string of the molecule is C=CC=C.NC(=O)/C=C\C(N)=O. The molecular formula is C8H12N2O2. The minimum Gasteiger partial charge on any atom is -0.366 e. The summed E-state index contributed by atoms with van der Waals surface area (Å²) in [5.74, 6) is -1.35. The topological polar surface area (TPSA) is 86.2 Å². The van der Waals surface area contributed by atoms with Crippen molar-refractivity contribution in [1.82, 2.24) is 0 Å². The fourth-order valence-corrected chi connectivity index (χ4v) is 0.164. The molecule has 0 aromatic rings. The second kappa shape index (κ2) is 9.16. The first-order valence-corrected chi connectivity index (χ1v) is 3.05. The number of hydrogen-bond donors (Lipinski definition) is 2. The predicted octanol–water partition coefficient (Wildman–Crippen LogP) is -0.128. The molecule has 0 bridgehead atoms. The maximum atomic E-state index is 9.83. The number of hydrogen-bond acceptors (Lipinski definition) is 2. The zero-order valence-electron chi connectivity index (χ0n) is 6.69. The van der Waals surface area contributed by atoms with Crippen LogP contribution >= 0.6 is 0 Å². The molecule has 2 amide bonds. The van der Waals surface area contributed by atoms with Gasteiger partial charge in [-0.25, -0.2) is 0 Å². The van der Waals surface area contributed by atoms with Gasteiger partial charge in [-0.1, -0.05) is 25.3 Å². The average molecular weight is 168 g/mol. The van der Waals surface area contributed by atoms with Gasteiger partial charge in [0, 0.05) is 12.2 Å². The van der Waals surface area contributed by atoms with Gasteiger partial charge < -0.3 is 11.5 Å². The molecule has 0 saturated carbocycles. The largest absolute Gasteiger partial charge is 0.366 e. The molecule has 0 spiro atoms. The van der Waals surface area contributed by atoms with Crippen LogP contribution in [0.15, 0.2) is 37.5 Å². The summed E-state index contributed by atoms with van der Waals surface area (Å²) in [5.41, 5.74) is 9.21. The van der Waals surface area contributed by atoms with Crippen LogP contribution in [0.4, 0.5) is 0 Å². The van der Waals surface area contributed by atoms with Crippen molar-refractivity contribution in [3.8, 4) is 0 Å². The van der Waals surface area contributed by atoms with Crippen LogP contribution in [0.5, 0.6) is 0 Å². The molecule has 0 heterocycles. The summed E-state index contributed by atoms with van der Waals surface area (Å²) in [6.45, 7) is 6.72. The summed E-state index contributed by atoms with van der Waals surface area (Å²) in [6, 6.07) is 0. The number of nitrogens with two attached hydrogens (primary N) is 2. The quantitative estimate of drug-likeness (QED) is 0.454. The Hall–Kier alpha value is -1.84. The molecule has 0 aliphatic heterocycles. The molecule has 0 aliphatic carbocycles. The molecule has 4 N–H and O–H groups in total. The minimum absolute atomic E-state index is 0.677. The van der Waals surface area contributed by atoms with E-state index in [0.29, 0.717) is 0 Å². The average Bonchev–Trinajstić information content (AvgIpc) is 2.01. The smallest absolute Gasteiger partial charge is 0.241 e. The van der Waals surface area contributed by atoms with Crippen LogP contribution in [0.1, 0.15) is 0 Å². The van der Waals surface area contributed by atoms with Crippen LogP contribution < -0.4 is 11.5 Å². The third kappa shape index (κ3) is 24.2. The third-order valence-corrected chi connectivity index (χ3v) is 0.579. The van der Waals surface area contributed by atoms with Gasteiger partial charge in [0.2, 0.25) is 11.8 Å². The van der Waals surface area contributed by atoms with Gasteiger partial charge in [0.1, 0.15) is 0 Å². The fraction of sp³-hybridized carbons (Fsp3) is 0. The van der Waals surface area contributed by atoms with Gasteiger partial charge in [-0.05, 0) is 0 Å². The molecule has 4 nitrogen and oxygen atoms in total. The summed E-state index contributed by atoms with van der Waals surface area (Å²) in [7, 11) is 0. The van der Waals surface area contributed by atoms with Crippen molar-refractivity contribution in [2.45, 2.75) is 0 Å². The van der Waals surface area contributed by atoms with E-state index < -0.39 is 11.8 Å². The predicted molar refractivity (Wildman–Crippen MR) is 47.9 cm³/mol. The molecule has 0 aliphatic rings. The molecule has 0 aromatic carbocycles. The number of rotatable bonds is 3. The van der Waals surface area contributed by atoms with E-state index in [-0.39, 0.29) is 0 Å². The zero-order chi connectivity index (χ0) is 9.98. The van der Waals surface area contributed by atoms with Crippen molar-refractivity contribution < 1.29 is 9.59 Å². The highest BCUT2D eigenvalue weighted by Crippen LogP contribution is 1.65. The Balaban J connectivity index is 0. The van der Waals surface area contributed by atoms with Crippen LogP contribution in [-0.4, -0.2) is 11.8 Å². The molecule has 0 saturated heterocycles. The highest BCUT2D eigenvalue weighted by Gasteiger charge is 1.83. The van der Waals surface area contributed by atoms with Gasteiger partial charge >= 0.3 is 0 Å². The third-order valence-electron chi connectivity index (χ3n) is 0.579. The van der Waals surface area contributed by atoms with Gasteiger partial charge in [0.15, 0.2) is 0 Å². The lowest BCUT2D eigenvalue weighted by molar-refractivity contribution is -0.115.